The van der Waals surface area contributed by atoms with Crippen molar-refractivity contribution in [2.24, 2.45) is 7.05 Å². The van der Waals surface area contributed by atoms with Crippen LogP contribution in [-0.4, -0.2) is 40.9 Å². The summed E-state index contributed by atoms with van der Waals surface area (Å²) in [5, 5.41) is 3.91. The topological polar surface area (TPSA) is 73.7 Å². The van der Waals surface area contributed by atoms with Gasteiger partial charge in [-0.05, 0) is 30.7 Å². The Balaban J connectivity index is 2.18. The third kappa shape index (κ3) is 4.78. The third-order valence-corrected chi connectivity index (χ3v) is 3.47. The van der Waals surface area contributed by atoms with Gasteiger partial charge in [0.25, 0.3) is 11.5 Å². The van der Waals surface area contributed by atoms with Crippen LogP contribution in [0.2, 0.25) is 0 Å². The van der Waals surface area contributed by atoms with Crippen LogP contribution in [0.25, 0.3) is 0 Å². The van der Waals surface area contributed by atoms with Crippen molar-refractivity contribution < 1.29 is 23.0 Å². The number of amides is 1. The minimum Gasteiger partial charge on any atom is -0.490 e. The van der Waals surface area contributed by atoms with Crippen molar-refractivity contribution >= 4 is 5.91 Å². The second kappa shape index (κ2) is 8.41. The van der Waals surface area contributed by atoms with Gasteiger partial charge in [0.2, 0.25) is 0 Å². The summed E-state index contributed by atoms with van der Waals surface area (Å²) < 4.78 is 35.7. The van der Waals surface area contributed by atoms with Crippen LogP contribution in [0.4, 0.5) is 8.78 Å². The van der Waals surface area contributed by atoms with E-state index in [2.05, 4.69) is 9.84 Å². The minimum atomic E-state index is -2.96. The molecule has 0 saturated heterocycles. The summed E-state index contributed by atoms with van der Waals surface area (Å²) in [6.45, 7) is -0.766. The predicted octanol–water partition coefficient (Wildman–Crippen LogP) is 2.05. The smallest absolute Gasteiger partial charge is 0.387 e. The molecule has 0 aliphatic heterocycles. The fourth-order valence-corrected chi connectivity index (χ4v) is 2.27. The van der Waals surface area contributed by atoms with E-state index in [1.807, 2.05) is 0 Å². The molecule has 1 aromatic heterocycles. The largest absolute Gasteiger partial charge is 0.490 e. The molecule has 1 amide bonds. The summed E-state index contributed by atoms with van der Waals surface area (Å²) in [4.78, 5) is 25.2. The van der Waals surface area contributed by atoms with Crippen molar-refractivity contribution in [2.45, 2.75) is 20.1 Å². The zero-order chi connectivity index (χ0) is 19.3. The van der Waals surface area contributed by atoms with Gasteiger partial charge in [0.15, 0.2) is 11.5 Å². The first-order valence-corrected chi connectivity index (χ1v) is 7.82. The molecule has 140 valence electrons. The van der Waals surface area contributed by atoms with E-state index in [4.69, 9.17) is 4.74 Å². The normalized spacial score (nSPS) is 10.7. The highest BCUT2D eigenvalue weighted by atomic mass is 19.3. The molecule has 0 unspecified atom stereocenters. The summed E-state index contributed by atoms with van der Waals surface area (Å²) in [7, 11) is 3.02. The van der Waals surface area contributed by atoms with Gasteiger partial charge in [0.1, 0.15) is 5.69 Å². The highest BCUT2D eigenvalue weighted by molar-refractivity contribution is 5.91. The Kier molecular flexibility index (Phi) is 6.26. The monoisotopic (exact) mass is 367 g/mol. The molecule has 0 radical (unpaired) electrons. The Labute approximate surface area is 148 Å². The van der Waals surface area contributed by atoms with Gasteiger partial charge in [-0.1, -0.05) is 6.07 Å². The number of aromatic nitrogens is 2. The maximum atomic E-state index is 12.4. The highest BCUT2D eigenvalue weighted by Crippen LogP contribution is 2.30. The first-order chi connectivity index (χ1) is 12.3. The fraction of sp³-hybridized carbons (Fsp3) is 0.353. The molecule has 2 aromatic rings. The molecule has 0 fully saturated rings. The lowest BCUT2D eigenvalue weighted by Gasteiger charge is -2.18. The van der Waals surface area contributed by atoms with Crippen LogP contribution in [0.15, 0.2) is 35.1 Å². The highest BCUT2D eigenvalue weighted by Gasteiger charge is 2.16. The standard InChI is InChI=1S/C17H19F2N3O4/c1-4-25-14-9-11(5-7-13(14)26-17(18)19)10-21(2)16(24)12-6-8-15(23)22(3)20-12/h5-9,17H,4,10H2,1-3H3. The molecule has 1 heterocycles. The average molecular weight is 367 g/mol. The SMILES string of the molecule is CCOc1cc(CN(C)C(=O)c2ccc(=O)n(C)n2)ccc1OC(F)F. The fourth-order valence-electron chi connectivity index (χ4n) is 2.27. The van der Waals surface area contributed by atoms with E-state index in [9.17, 15) is 18.4 Å². The molecule has 0 aliphatic rings. The number of alkyl halides is 2. The van der Waals surface area contributed by atoms with Gasteiger partial charge in [-0.3, -0.25) is 9.59 Å². The molecule has 0 atom stereocenters. The second-order valence-electron chi connectivity index (χ2n) is 5.43. The quantitative estimate of drug-likeness (QED) is 0.749. The molecule has 0 saturated carbocycles. The van der Waals surface area contributed by atoms with E-state index < -0.39 is 6.61 Å². The zero-order valence-electron chi connectivity index (χ0n) is 14.6. The van der Waals surface area contributed by atoms with Crippen LogP contribution >= 0.6 is 0 Å². The minimum absolute atomic E-state index is 0.0701. The Hall–Kier alpha value is -2.97. The molecular formula is C17H19F2N3O4. The van der Waals surface area contributed by atoms with E-state index >= 15 is 0 Å². The number of carbonyl (C=O) groups is 1. The number of aryl methyl sites for hydroxylation is 1. The molecule has 26 heavy (non-hydrogen) atoms. The van der Waals surface area contributed by atoms with E-state index in [1.54, 1.807) is 26.1 Å². The van der Waals surface area contributed by atoms with Crippen molar-refractivity contribution in [2.75, 3.05) is 13.7 Å². The van der Waals surface area contributed by atoms with Gasteiger partial charge in [-0.15, -0.1) is 0 Å². The Morgan fingerprint density at radius 2 is 2.00 bits per heavy atom. The Bertz CT molecular complexity index is 839. The molecule has 9 heteroatoms. The van der Waals surface area contributed by atoms with Crippen LogP contribution in [-0.2, 0) is 13.6 Å². The van der Waals surface area contributed by atoms with Gasteiger partial charge < -0.3 is 14.4 Å². The van der Waals surface area contributed by atoms with Crippen LogP contribution in [0.5, 0.6) is 11.5 Å². The first-order valence-electron chi connectivity index (χ1n) is 7.82. The zero-order valence-corrected chi connectivity index (χ0v) is 14.6. The van der Waals surface area contributed by atoms with E-state index in [0.29, 0.717) is 5.56 Å². The van der Waals surface area contributed by atoms with Crippen molar-refractivity contribution in [1.82, 2.24) is 14.7 Å². The lowest BCUT2D eigenvalue weighted by Crippen LogP contribution is -2.30. The van der Waals surface area contributed by atoms with Crippen molar-refractivity contribution in [3.8, 4) is 11.5 Å². The number of nitrogens with zero attached hydrogens (tertiary/aromatic N) is 3. The summed E-state index contributed by atoms with van der Waals surface area (Å²) in [5.41, 5.74) is 0.466. The molecular weight excluding hydrogens is 348 g/mol. The first kappa shape index (κ1) is 19.4. The number of carbonyl (C=O) groups excluding carboxylic acids is 1. The number of hydrogen-bond donors (Lipinski definition) is 0. The summed E-state index contributed by atoms with van der Waals surface area (Å²) in [6.07, 6.45) is 0. The number of ether oxygens (including phenoxy) is 2. The van der Waals surface area contributed by atoms with Gasteiger partial charge in [0.05, 0.1) is 6.61 Å². The van der Waals surface area contributed by atoms with Gasteiger partial charge in [0, 0.05) is 26.7 Å². The summed E-state index contributed by atoms with van der Waals surface area (Å²) in [6, 6.07) is 7.09. The molecule has 2 rings (SSSR count). The summed E-state index contributed by atoms with van der Waals surface area (Å²) in [5.74, 6) is -0.280. The van der Waals surface area contributed by atoms with Crippen LogP contribution in [0, 0.1) is 0 Å². The van der Waals surface area contributed by atoms with E-state index in [1.165, 1.54) is 30.1 Å². The number of hydrogen-bond acceptors (Lipinski definition) is 5. The van der Waals surface area contributed by atoms with Gasteiger partial charge in [-0.2, -0.15) is 13.9 Å². The molecule has 0 spiro atoms. The van der Waals surface area contributed by atoms with Crippen LogP contribution < -0.4 is 15.0 Å². The van der Waals surface area contributed by atoms with Crippen molar-refractivity contribution in [3.63, 3.8) is 0 Å². The summed E-state index contributed by atoms with van der Waals surface area (Å²) >= 11 is 0. The molecule has 7 nitrogen and oxygen atoms in total. The van der Waals surface area contributed by atoms with Crippen molar-refractivity contribution in [1.29, 1.82) is 0 Å². The molecule has 0 N–H and O–H groups in total. The van der Waals surface area contributed by atoms with Gasteiger partial charge in [-0.25, -0.2) is 4.68 Å². The molecule has 1 aromatic carbocycles. The predicted molar refractivity (Wildman–Crippen MR) is 89.5 cm³/mol. The van der Waals surface area contributed by atoms with Gasteiger partial charge >= 0.3 is 6.61 Å². The average Bonchev–Trinajstić information content (AvgIpc) is 2.58. The van der Waals surface area contributed by atoms with Crippen molar-refractivity contribution in [3.05, 3.63) is 51.9 Å². The van der Waals surface area contributed by atoms with Crippen LogP contribution in [0.3, 0.4) is 0 Å². The number of benzene rings is 1. The van der Waals surface area contributed by atoms with E-state index in [-0.39, 0.29) is 41.8 Å². The maximum absolute atomic E-state index is 12.4. The number of halogens is 2. The Morgan fingerprint density at radius 3 is 2.62 bits per heavy atom. The lowest BCUT2D eigenvalue weighted by atomic mass is 10.2. The molecule has 0 aliphatic carbocycles. The third-order valence-electron chi connectivity index (χ3n) is 3.47. The maximum Gasteiger partial charge on any atom is 0.387 e. The Morgan fingerprint density at radius 1 is 1.27 bits per heavy atom. The van der Waals surface area contributed by atoms with E-state index in [0.717, 1.165) is 4.68 Å². The van der Waals surface area contributed by atoms with Crippen LogP contribution in [0.1, 0.15) is 23.0 Å². The molecule has 0 bridgehead atoms. The number of rotatable bonds is 7. The lowest BCUT2D eigenvalue weighted by molar-refractivity contribution is -0.0514. The second-order valence-corrected chi connectivity index (χ2v) is 5.43.